The van der Waals surface area contributed by atoms with Crippen LogP contribution >= 0.6 is 11.6 Å². The van der Waals surface area contributed by atoms with Crippen molar-refractivity contribution >= 4 is 35.2 Å². The van der Waals surface area contributed by atoms with E-state index < -0.39 is 30.6 Å². The third kappa shape index (κ3) is 6.99. The van der Waals surface area contributed by atoms with Gasteiger partial charge in [0.05, 0.1) is 12.5 Å². The average Bonchev–Trinajstić information content (AvgIpc) is 2.60. The first kappa shape index (κ1) is 20.3. The number of hydrogen-bond acceptors (Lipinski definition) is 4. The number of ether oxygens (including phenoxy) is 1. The minimum atomic E-state index is -0.778. The van der Waals surface area contributed by atoms with E-state index in [1.807, 2.05) is 19.1 Å². The van der Waals surface area contributed by atoms with Gasteiger partial charge in [-0.1, -0.05) is 35.9 Å². The number of urea groups is 1. The molecule has 3 amide bonds. The number of benzene rings is 2. The summed E-state index contributed by atoms with van der Waals surface area (Å²) in [5.74, 6) is -1.11. The Labute approximate surface area is 161 Å². The second-order valence-corrected chi connectivity index (χ2v) is 6.33. The second-order valence-electron chi connectivity index (χ2n) is 5.90. The van der Waals surface area contributed by atoms with E-state index in [-0.39, 0.29) is 6.42 Å². The van der Waals surface area contributed by atoms with Crippen LogP contribution in [0.4, 0.5) is 10.5 Å². The fourth-order valence-electron chi connectivity index (χ4n) is 2.41. The van der Waals surface area contributed by atoms with E-state index >= 15 is 0 Å². The van der Waals surface area contributed by atoms with Gasteiger partial charge in [0.25, 0.3) is 5.91 Å². The highest BCUT2D eigenvalue weighted by Crippen LogP contribution is 2.20. The molecule has 0 radical (unpaired) electrons. The lowest BCUT2D eigenvalue weighted by atomic mass is 10.0. The molecule has 0 saturated heterocycles. The minimum absolute atomic E-state index is 0.178. The first-order valence-corrected chi connectivity index (χ1v) is 8.55. The maximum absolute atomic E-state index is 12.1. The largest absolute Gasteiger partial charge is 0.455 e. The summed E-state index contributed by atoms with van der Waals surface area (Å²) in [5.41, 5.74) is 7.41. The summed E-state index contributed by atoms with van der Waals surface area (Å²) in [6.45, 7) is 1.47. The van der Waals surface area contributed by atoms with E-state index in [9.17, 15) is 14.4 Å². The molecule has 2 aromatic rings. The molecule has 0 aliphatic carbocycles. The number of carbonyl (C=O) groups is 3. The fraction of sp³-hybridized carbons (Fsp3) is 0.211. The molecule has 0 aliphatic rings. The van der Waals surface area contributed by atoms with Crippen molar-refractivity contribution in [3.8, 4) is 0 Å². The highest BCUT2D eigenvalue weighted by Gasteiger charge is 2.19. The van der Waals surface area contributed by atoms with Crippen molar-refractivity contribution in [1.29, 1.82) is 0 Å². The van der Waals surface area contributed by atoms with E-state index in [1.54, 1.807) is 36.4 Å². The summed E-state index contributed by atoms with van der Waals surface area (Å²) < 4.78 is 4.99. The Morgan fingerprint density at radius 3 is 2.48 bits per heavy atom. The number of primary amides is 1. The van der Waals surface area contributed by atoms with Gasteiger partial charge in [0, 0.05) is 10.7 Å². The molecule has 27 heavy (non-hydrogen) atoms. The summed E-state index contributed by atoms with van der Waals surface area (Å²) in [6.07, 6.45) is -0.178. The smallest absolute Gasteiger partial charge is 0.312 e. The number of halogens is 1. The molecule has 7 nitrogen and oxygen atoms in total. The first-order valence-electron chi connectivity index (χ1n) is 8.17. The number of rotatable bonds is 7. The summed E-state index contributed by atoms with van der Waals surface area (Å²) in [5, 5.41) is 5.64. The lowest BCUT2D eigenvalue weighted by molar-refractivity contribution is -0.147. The number of nitrogens with one attached hydrogen (secondary N) is 2. The van der Waals surface area contributed by atoms with E-state index in [0.717, 1.165) is 5.56 Å². The average molecular weight is 390 g/mol. The van der Waals surface area contributed by atoms with Gasteiger partial charge in [0.1, 0.15) is 0 Å². The monoisotopic (exact) mass is 389 g/mol. The van der Waals surface area contributed by atoms with Crippen LogP contribution in [0.2, 0.25) is 5.02 Å². The van der Waals surface area contributed by atoms with Crippen LogP contribution in [0, 0.1) is 6.92 Å². The van der Waals surface area contributed by atoms with Crippen molar-refractivity contribution in [2.75, 3.05) is 11.9 Å². The number of esters is 1. The van der Waals surface area contributed by atoms with Crippen molar-refractivity contribution in [2.45, 2.75) is 19.4 Å². The van der Waals surface area contributed by atoms with Gasteiger partial charge in [-0.25, -0.2) is 4.79 Å². The molecular formula is C19H20ClN3O4. The molecule has 0 unspecified atom stereocenters. The summed E-state index contributed by atoms with van der Waals surface area (Å²) in [7, 11) is 0. The van der Waals surface area contributed by atoms with Gasteiger partial charge in [-0.3, -0.25) is 9.59 Å². The number of carbonyl (C=O) groups excluding carboxylic acids is 3. The molecule has 0 aliphatic heterocycles. The molecule has 0 spiro atoms. The zero-order valence-corrected chi connectivity index (χ0v) is 15.5. The Hall–Kier alpha value is -3.06. The Morgan fingerprint density at radius 1 is 1.15 bits per heavy atom. The van der Waals surface area contributed by atoms with Crippen LogP contribution in [-0.4, -0.2) is 24.5 Å². The molecular weight excluding hydrogens is 370 g/mol. The summed E-state index contributed by atoms with van der Waals surface area (Å²) in [4.78, 5) is 35.2. The highest BCUT2D eigenvalue weighted by atomic mass is 35.5. The molecule has 2 rings (SSSR count). The Bertz CT molecular complexity index is 824. The zero-order valence-electron chi connectivity index (χ0n) is 14.7. The molecule has 8 heteroatoms. The van der Waals surface area contributed by atoms with Crippen LogP contribution in [0.25, 0.3) is 0 Å². The lowest BCUT2D eigenvalue weighted by Gasteiger charge is -2.17. The minimum Gasteiger partial charge on any atom is -0.455 e. The first-order chi connectivity index (χ1) is 12.8. The molecule has 2 aromatic carbocycles. The number of hydrogen-bond donors (Lipinski definition) is 3. The number of anilines is 1. The zero-order chi connectivity index (χ0) is 19.8. The molecule has 1 atom stereocenters. The topological polar surface area (TPSA) is 111 Å². The van der Waals surface area contributed by atoms with Crippen molar-refractivity contribution in [3.05, 3.63) is 64.7 Å². The van der Waals surface area contributed by atoms with Gasteiger partial charge in [-0.2, -0.15) is 0 Å². The standard InChI is InChI=1S/C19H20ClN3O4/c1-12-3-2-4-15(9-12)22-17(24)11-27-18(25)10-16(23-19(21)26)13-5-7-14(20)8-6-13/h2-9,16H,10-11H2,1H3,(H,22,24)(H3,21,23,26)/t16-/m1/s1. The highest BCUT2D eigenvalue weighted by molar-refractivity contribution is 6.30. The van der Waals surface area contributed by atoms with Gasteiger partial charge in [-0.15, -0.1) is 0 Å². The third-order valence-electron chi connectivity index (χ3n) is 3.63. The summed E-state index contributed by atoms with van der Waals surface area (Å²) in [6, 6.07) is 12.4. The van der Waals surface area contributed by atoms with Crippen LogP contribution < -0.4 is 16.4 Å². The molecule has 0 fully saturated rings. The third-order valence-corrected chi connectivity index (χ3v) is 3.88. The van der Waals surface area contributed by atoms with E-state index in [1.165, 1.54) is 0 Å². The second kappa shape index (κ2) is 9.59. The van der Waals surface area contributed by atoms with Crippen molar-refractivity contribution < 1.29 is 19.1 Å². The van der Waals surface area contributed by atoms with Crippen molar-refractivity contribution in [3.63, 3.8) is 0 Å². The predicted molar refractivity (Wildman–Crippen MR) is 102 cm³/mol. The van der Waals surface area contributed by atoms with Gasteiger partial charge in [-0.05, 0) is 42.3 Å². The Kier molecular flexibility index (Phi) is 7.19. The van der Waals surface area contributed by atoms with Crippen molar-refractivity contribution in [1.82, 2.24) is 5.32 Å². The molecule has 0 aromatic heterocycles. The lowest BCUT2D eigenvalue weighted by Crippen LogP contribution is -2.35. The Morgan fingerprint density at radius 2 is 1.85 bits per heavy atom. The maximum atomic E-state index is 12.1. The number of amides is 3. The van der Waals surface area contributed by atoms with Crippen LogP contribution in [0.3, 0.4) is 0 Å². The van der Waals surface area contributed by atoms with Gasteiger partial charge in [0.15, 0.2) is 6.61 Å². The molecule has 0 bridgehead atoms. The van der Waals surface area contributed by atoms with E-state index in [4.69, 9.17) is 22.1 Å². The van der Waals surface area contributed by atoms with Crippen LogP contribution in [0.1, 0.15) is 23.6 Å². The SMILES string of the molecule is Cc1cccc(NC(=O)COC(=O)C[C@@H](NC(N)=O)c2ccc(Cl)cc2)c1. The Balaban J connectivity index is 1.90. The van der Waals surface area contributed by atoms with Gasteiger partial charge < -0.3 is 21.1 Å². The number of nitrogens with two attached hydrogens (primary N) is 1. The molecule has 0 heterocycles. The van der Waals surface area contributed by atoms with Crippen LogP contribution in [0.5, 0.6) is 0 Å². The van der Waals surface area contributed by atoms with Gasteiger partial charge >= 0.3 is 12.0 Å². The number of aryl methyl sites for hydroxylation is 1. The quantitative estimate of drug-likeness (QED) is 0.632. The van der Waals surface area contributed by atoms with E-state index in [0.29, 0.717) is 16.3 Å². The maximum Gasteiger partial charge on any atom is 0.312 e. The molecule has 0 saturated carbocycles. The van der Waals surface area contributed by atoms with Gasteiger partial charge in [0.2, 0.25) is 0 Å². The molecule has 142 valence electrons. The molecule has 4 N–H and O–H groups in total. The van der Waals surface area contributed by atoms with Crippen molar-refractivity contribution in [2.24, 2.45) is 5.73 Å². The fourth-order valence-corrected chi connectivity index (χ4v) is 2.54. The summed E-state index contributed by atoms with van der Waals surface area (Å²) >= 11 is 5.84. The van der Waals surface area contributed by atoms with Crippen LogP contribution in [0.15, 0.2) is 48.5 Å². The normalized spacial score (nSPS) is 11.3. The predicted octanol–water partition coefficient (Wildman–Crippen LogP) is 2.93. The van der Waals surface area contributed by atoms with Crippen LogP contribution in [-0.2, 0) is 14.3 Å². The van der Waals surface area contributed by atoms with E-state index in [2.05, 4.69) is 10.6 Å².